The molecule has 5 nitrogen and oxygen atoms in total. The molecule has 0 aliphatic heterocycles. The second kappa shape index (κ2) is 5.12. The lowest BCUT2D eigenvalue weighted by Crippen LogP contribution is -2.19. The third-order valence-corrected chi connectivity index (χ3v) is 3.54. The van der Waals surface area contributed by atoms with Crippen LogP contribution in [0.3, 0.4) is 0 Å². The molecular weight excluding hydrogens is 250 g/mol. The second-order valence-electron chi connectivity index (χ2n) is 4.39. The maximum absolute atomic E-state index is 6.31. The first kappa shape index (κ1) is 13.1. The molecule has 0 saturated carbocycles. The van der Waals surface area contributed by atoms with Crippen molar-refractivity contribution in [2.24, 2.45) is 19.8 Å². The molecule has 0 bridgehead atoms. The van der Waals surface area contributed by atoms with E-state index in [0.29, 0.717) is 6.42 Å². The van der Waals surface area contributed by atoms with Crippen LogP contribution in [0.25, 0.3) is 0 Å². The zero-order valence-electron chi connectivity index (χ0n) is 10.9. The maximum Gasteiger partial charge on any atom is 0.125 e. The van der Waals surface area contributed by atoms with Gasteiger partial charge in [-0.05, 0) is 6.42 Å². The van der Waals surface area contributed by atoms with Gasteiger partial charge in [0.05, 0.1) is 22.5 Å². The molecule has 0 spiro atoms. The number of hydrogen-bond donors (Lipinski definition) is 1. The van der Waals surface area contributed by atoms with E-state index in [1.807, 2.05) is 36.5 Å². The molecule has 2 rings (SSSR count). The van der Waals surface area contributed by atoms with E-state index in [1.165, 1.54) is 0 Å². The molecule has 0 amide bonds. The number of halogens is 1. The molecule has 1 atom stereocenters. The molecular formula is C12H18ClN5. The van der Waals surface area contributed by atoms with Crippen molar-refractivity contribution < 1.29 is 0 Å². The third kappa shape index (κ3) is 2.28. The second-order valence-corrected chi connectivity index (χ2v) is 4.77. The average molecular weight is 268 g/mol. The number of nitrogens with zero attached hydrogens (tertiary/aromatic N) is 4. The zero-order valence-corrected chi connectivity index (χ0v) is 11.6. The van der Waals surface area contributed by atoms with Crippen molar-refractivity contribution in [3.63, 3.8) is 0 Å². The Morgan fingerprint density at radius 2 is 2.17 bits per heavy atom. The van der Waals surface area contributed by atoms with E-state index in [9.17, 15) is 0 Å². The van der Waals surface area contributed by atoms with Crippen LogP contribution >= 0.6 is 11.6 Å². The number of aromatic nitrogens is 4. The largest absolute Gasteiger partial charge is 0.337 e. The van der Waals surface area contributed by atoms with Gasteiger partial charge in [0.1, 0.15) is 5.82 Å². The van der Waals surface area contributed by atoms with Crippen LogP contribution in [-0.4, -0.2) is 19.3 Å². The number of imidazole rings is 1. The molecule has 0 saturated heterocycles. The molecule has 2 aromatic rings. The Bertz CT molecular complexity index is 543. The Labute approximate surface area is 112 Å². The summed E-state index contributed by atoms with van der Waals surface area (Å²) >= 11 is 6.31. The average Bonchev–Trinajstić information content (AvgIpc) is 2.87. The fraction of sp³-hybridized carbons (Fsp3) is 0.500. The van der Waals surface area contributed by atoms with Gasteiger partial charge in [0.25, 0.3) is 0 Å². The van der Waals surface area contributed by atoms with Gasteiger partial charge in [-0.15, -0.1) is 0 Å². The molecule has 0 aliphatic rings. The highest BCUT2D eigenvalue weighted by Crippen LogP contribution is 2.24. The molecule has 18 heavy (non-hydrogen) atoms. The minimum absolute atomic E-state index is 0.178. The Hall–Kier alpha value is -1.33. The van der Waals surface area contributed by atoms with E-state index in [0.717, 1.165) is 28.7 Å². The van der Waals surface area contributed by atoms with Crippen LogP contribution in [0.5, 0.6) is 0 Å². The first-order valence-electron chi connectivity index (χ1n) is 5.97. The van der Waals surface area contributed by atoms with Crippen LogP contribution in [0.2, 0.25) is 5.02 Å². The number of hydrogen-bond acceptors (Lipinski definition) is 3. The fourth-order valence-corrected chi connectivity index (χ4v) is 2.45. The fourth-order valence-electron chi connectivity index (χ4n) is 2.08. The zero-order chi connectivity index (χ0) is 13.3. The van der Waals surface area contributed by atoms with Crippen molar-refractivity contribution in [2.45, 2.75) is 25.8 Å². The number of nitrogens with two attached hydrogens (primary N) is 1. The molecule has 98 valence electrons. The Morgan fingerprint density at radius 1 is 1.44 bits per heavy atom. The smallest absolute Gasteiger partial charge is 0.125 e. The number of aryl methyl sites for hydroxylation is 3. The first-order chi connectivity index (χ1) is 8.54. The summed E-state index contributed by atoms with van der Waals surface area (Å²) in [5.74, 6) is 0.852. The highest BCUT2D eigenvalue weighted by atomic mass is 35.5. The molecule has 0 aromatic carbocycles. The minimum Gasteiger partial charge on any atom is -0.337 e. The topological polar surface area (TPSA) is 61.7 Å². The Kier molecular flexibility index (Phi) is 3.73. The normalized spacial score (nSPS) is 12.9. The molecule has 0 radical (unpaired) electrons. The lowest BCUT2D eigenvalue weighted by molar-refractivity contribution is 0.594. The summed E-state index contributed by atoms with van der Waals surface area (Å²) in [6.45, 7) is 2.04. The van der Waals surface area contributed by atoms with Gasteiger partial charge in [-0.2, -0.15) is 5.10 Å². The Balaban J connectivity index is 2.24. The molecule has 2 aromatic heterocycles. The van der Waals surface area contributed by atoms with Gasteiger partial charge in [0.15, 0.2) is 0 Å². The summed E-state index contributed by atoms with van der Waals surface area (Å²) < 4.78 is 3.74. The van der Waals surface area contributed by atoms with Gasteiger partial charge < -0.3 is 10.3 Å². The van der Waals surface area contributed by atoms with E-state index < -0.39 is 0 Å². The van der Waals surface area contributed by atoms with Crippen molar-refractivity contribution in [2.75, 3.05) is 0 Å². The van der Waals surface area contributed by atoms with Crippen molar-refractivity contribution >= 4 is 11.6 Å². The number of rotatable bonds is 4. The predicted molar refractivity (Wildman–Crippen MR) is 71.4 cm³/mol. The monoisotopic (exact) mass is 267 g/mol. The van der Waals surface area contributed by atoms with Crippen molar-refractivity contribution in [1.82, 2.24) is 19.3 Å². The predicted octanol–water partition coefficient (Wildman–Crippen LogP) is 1.61. The van der Waals surface area contributed by atoms with Crippen LogP contribution in [0, 0.1) is 0 Å². The van der Waals surface area contributed by atoms with Gasteiger partial charge in [-0.25, -0.2) is 4.98 Å². The quantitative estimate of drug-likeness (QED) is 0.916. The van der Waals surface area contributed by atoms with E-state index in [1.54, 1.807) is 6.20 Å². The molecule has 0 fully saturated rings. The third-order valence-electron chi connectivity index (χ3n) is 3.11. The lowest BCUT2D eigenvalue weighted by atomic mass is 10.1. The van der Waals surface area contributed by atoms with Crippen molar-refractivity contribution in [3.8, 4) is 0 Å². The summed E-state index contributed by atoms with van der Waals surface area (Å²) in [5.41, 5.74) is 8.06. The van der Waals surface area contributed by atoms with E-state index in [4.69, 9.17) is 17.3 Å². The van der Waals surface area contributed by atoms with Crippen LogP contribution in [-0.2, 0) is 26.9 Å². The molecule has 1 unspecified atom stereocenters. The van der Waals surface area contributed by atoms with Crippen LogP contribution in [0.1, 0.15) is 30.2 Å². The molecule has 6 heteroatoms. The molecule has 0 aliphatic carbocycles. The van der Waals surface area contributed by atoms with E-state index in [2.05, 4.69) is 10.1 Å². The van der Waals surface area contributed by atoms with Crippen LogP contribution < -0.4 is 5.73 Å². The summed E-state index contributed by atoms with van der Waals surface area (Å²) in [4.78, 5) is 4.26. The first-order valence-corrected chi connectivity index (χ1v) is 6.35. The SMILES string of the molecule is CCc1nn(C)c(CC(N)c2nccn2C)c1Cl. The van der Waals surface area contributed by atoms with Gasteiger partial charge in [0, 0.05) is 32.9 Å². The lowest BCUT2D eigenvalue weighted by Gasteiger charge is -2.12. The van der Waals surface area contributed by atoms with Gasteiger partial charge in [-0.3, -0.25) is 4.68 Å². The highest BCUT2D eigenvalue weighted by molar-refractivity contribution is 6.31. The minimum atomic E-state index is -0.178. The summed E-state index contributed by atoms with van der Waals surface area (Å²) in [7, 11) is 3.83. The molecule has 2 heterocycles. The highest BCUT2D eigenvalue weighted by Gasteiger charge is 2.18. The van der Waals surface area contributed by atoms with Crippen molar-refractivity contribution in [1.29, 1.82) is 0 Å². The van der Waals surface area contributed by atoms with Crippen molar-refractivity contribution in [3.05, 3.63) is 34.6 Å². The van der Waals surface area contributed by atoms with Gasteiger partial charge in [0.2, 0.25) is 0 Å². The van der Waals surface area contributed by atoms with Crippen LogP contribution in [0.15, 0.2) is 12.4 Å². The standard InChI is InChI=1S/C12H18ClN5/c1-4-9-11(13)10(18(3)16-9)7-8(14)12-15-5-6-17(12)2/h5-6,8H,4,7,14H2,1-3H3. The van der Waals surface area contributed by atoms with E-state index >= 15 is 0 Å². The van der Waals surface area contributed by atoms with E-state index in [-0.39, 0.29) is 6.04 Å². The Morgan fingerprint density at radius 3 is 2.67 bits per heavy atom. The summed E-state index contributed by atoms with van der Waals surface area (Å²) in [6, 6.07) is -0.178. The summed E-state index contributed by atoms with van der Waals surface area (Å²) in [5, 5.41) is 5.11. The summed E-state index contributed by atoms with van der Waals surface area (Å²) in [6.07, 6.45) is 5.09. The van der Waals surface area contributed by atoms with Crippen LogP contribution in [0.4, 0.5) is 0 Å². The van der Waals surface area contributed by atoms with Gasteiger partial charge in [-0.1, -0.05) is 18.5 Å². The molecule has 2 N–H and O–H groups in total. The maximum atomic E-state index is 6.31. The van der Waals surface area contributed by atoms with Gasteiger partial charge >= 0.3 is 0 Å².